The Balaban J connectivity index is 1.58. The Hall–Kier alpha value is -3.90. The van der Waals surface area contributed by atoms with E-state index in [-0.39, 0.29) is 18.5 Å². The zero-order valence-corrected chi connectivity index (χ0v) is 21.5. The molecule has 1 amide bonds. The van der Waals surface area contributed by atoms with E-state index in [9.17, 15) is 13.2 Å². The van der Waals surface area contributed by atoms with Gasteiger partial charge in [0.15, 0.2) is 0 Å². The quantitative estimate of drug-likeness (QED) is 0.334. The van der Waals surface area contributed by atoms with E-state index in [0.717, 1.165) is 27.8 Å². The number of rotatable bonds is 8. The molecule has 0 saturated carbocycles. The Labute approximate surface area is 213 Å². The molecule has 0 aliphatic heterocycles. The molecule has 0 spiro atoms. The number of aryl methyl sites for hydroxylation is 2. The summed E-state index contributed by atoms with van der Waals surface area (Å²) in [5, 5.41) is 3.14. The second kappa shape index (κ2) is 10.8. The summed E-state index contributed by atoms with van der Waals surface area (Å²) in [6.07, 6.45) is 1.19. The molecule has 4 aromatic carbocycles. The molecule has 0 heterocycles. The average Bonchev–Trinajstić information content (AvgIpc) is 2.87. The number of carbonyl (C=O) groups excluding carboxylic acids is 1. The van der Waals surface area contributed by atoms with Crippen molar-refractivity contribution in [1.29, 1.82) is 0 Å². The van der Waals surface area contributed by atoms with Crippen LogP contribution in [0.4, 0.5) is 5.69 Å². The maximum absolute atomic E-state index is 13.2. The molecule has 1 N–H and O–H groups in total. The van der Waals surface area contributed by atoms with Crippen molar-refractivity contribution in [3.05, 3.63) is 137 Å². The van der Waals surface area contributed by atoms with Crippen LogP contribution in [0.25, 0.3) is 0 Å². The van der Waals surface area contributed by atoms with Crippen LogP contribution in [0.5, 0.6) is 0 Å². The van der Waals surface area contributed by atoms with E-state index in [1.54, 1.807) is 24.3 Å². The molecular weight excluding hydrogens is 468 g/mol. The molecule has 0 aliphatic rings. The van der Waals surface area contributed by atoms with Gasteiger partial charge in [-0.1, -0.05) is 84.4 Å². The highest BCUT2D eigenvalue weighted by Gasteiger charge is 2.21. The van der Waals surface area contributed by atoms with Crippen LogP contribution in [0.1, 0.15) is 44.2 Å². The molecule has 4 rings (SSSR count). The van der Waals surface area contributed by atoms with Gasteiger partial charge in [0.05, 0.1) is 24.5 Å². The minimum Gasteiger partial charge on any atom is -0.341 e. The third kappa shape index (κ3) is 6.01. The van der Waals surface area contributed by atoms with Crippen LogP contribution in [0, 0.1) is 13.8 Å². The van der Waals surface area contributed by atoms with Crippen molar-refractivity contribution in [3.63, 3.8) is 0 Å². The van der Waals surface area contributed by atoms with Gasteiger partial charge in [0.25, 0.3) is 5.91 Å². The molecule has 0 bridgehead atoms. The van der Waals surface area contributed by atoms with E-state index in [1.807, 2.05) is 92.7 Å². The van der Waals surface area contributed by atoms with Gasteiger partial charge >= 0.3 is 0 Å². The van der Waals surface area contributed by atoms with E-state index in [4.69, 9.17) is 0 Å². The zero-order valence-electron chi connectivity index (χ0n) is 20.7. The maximum atomic E-state index is 13.2. The third-order valence-electron chi connectivity index (χ3n) is 6.21. The van der Waals surface area contributed by atoms with Gasteiger partial charge in [-0.3, -0.25) is 9.10 Å². The molecule has 0 aliphatic carbocycles. The van der Waals surface area contributed by atoms with Gasteiger partial charge in [-0.05, 0) is 60.4 Å². The summed E-state index contributed by atoms with van der Waals surface area (Å²) in [4.78, 5) is 13.2. The molecule has 184 valence electrons. The average molecular weight is 499 g/mol. The lowest BCUT2D eigenvalue weighted by Gasteiger charge is -2.24. The fraction of sp³-hybridized carbons (Fsp3) is 0.167. The lowest BCUT2D eigenvalue weighted by atomic mass is 9.97. The lowest BCUT2D eigenvalue weighted by molar-refractivity contribution is 0.0943. The van der Waals surface area contributed by atoms with Crippen LogP contribution >= 0.6 is 0 Å². The van der Waals surface area contributed by atoms with Crippen molar-refractivity contribution in [2.45, 2.75) is 26.4 Å². The molecule has 0 aromatic heterocycles. The Morgan fingerprint density at radius 1 is 0.778 bits per heavy atom. The highest BCUT2D eigenvalue weighted by atomic mass is 32.2. The van der Waals surface area contributed by atoms with Crippen LogP contribution in [0.2, 0.25) is 0 Å². The molecule has 1 atom stereocenters. The van der Waals surface area contributed by atoms with E-state index < -0.39 is 10.0 Å². The second-order valence-corrected chi connectivity index (χ2v) is 10.9. The van der Waals surface area contributed by atoms with Crippen LogP contribution < -0.4 is 9.62 Å². The molecule has 6 heteroatoms. The monoisotopic (exact) mass is 498 g/mol. The Kier molecular flexibility index (Phi) is 7.55. The molecule has 36 heavy (non-hydrogen) atoms. The van der Waals surface area contributed by atoms with E-state index in [1.165, 1.54) is 10.6 Å². The van der Waals surface area contributed by atoms with Crippen LogP contribution in [-0.2, 0) is 16.6 Å². The predicted molar refractivity (Wildman–Crippen MR) is 146 cm³/mol. The highest BCUT2D eigenvalue weighted by molar-refractivity contribution is 7.92. The normalized spacial score (nSPS) is 12.1. The molecule has 0 saturated heterocycles. The van der Waals surface area contributed by atoms with Crippen molar-refractivity contribution in [3.8, 4) is 0 Å². The third-order valence-corrected chi connectivity index (χ3v) is 7.35. The van der Waals surface area contributed by atoms with Gasteiger partial charge < -0.3 is 5.32 Å². The molecule has 5 nitrogen and oxygen atoms in total. The maximum Gasteiger partial charge on any atom is 0.252 e. The number of anilines is 1. The van der Waals surface area contributed by atoms with Crippen molar-refractivity contribution >= 4 is 21.6 Å². The van der Waals surface area contributed by atoms with Gasteiger partial charge in [0.1, 0.15) is 0 Å². The van der Waals surface area contributed by atoms with E-state index in [0.29, 0.717) is 11.3 Å². The van der Waals surface area contributed by atoms with Crippen LogP contribution in [0.3, 0.4) is 0 Å². The Morgan fingerprint density at radius 2 is 1.36 bits per heavy atom. The topological polar surface area (TPSA) is 66.5 Å². The van der Waals surface area contributed by atoms with Gasteiger partial charge in [-0.2, -0.15) is 0 Å². The molecule has 0 fully saturated rings. The van der Waals surface area contributed by atoms with Gasteiger partial charge in [-0.15, -0.1) is 0 Å². The highest BCUT2D eigenvalue weighted by Crippen LogP contribution is 2.25. The predicted octanol–water partition coefficient (Wildman–Crippen LogP) is 5.79. The van der Waals surface area contributed by atoms with Crippen LogP contribution in [0.15, 0.2) is 103 Å². The van der Waals surface area contributed by atoms with Gasteiger partial charge in [0, 0.05) is 5.56 Å². The largest absolute Gasteiger partial charge is 0.341 e. The minimum absolute atomic E-state index is 0.223. The summed E-state index contributed by atoms with van der Waals surface area (Å²) in [7, 11) is -3.53. The fourth-order valence-corrected chi connectivity index (χ4v) is 4.98. The van der Waals surface area contributed by atoms with E-state index in [2.05, 4.69) is 5.32 Å². The van der Waals surface area contributed by atoms with Gasteiger partial charge in [0.2, 0.25) is 10.0 Å². The van der Waals surface area contributed by atoms with Crippen molar-refractivity contribution in [2.24, 2.45) is 0 Å². The minimum atomic E-state index is -3.53. The SMILES string of the molecule is Cc1ccc(C(NC(=O)c2ccc(N(Cc3ccccc3C)S(C)(=O)=O)cc2)c2ccccc2)cc1. The number of nitrogens with one attached hydrogen (secondary N) is 1. The summed E-state index contributed by atoms with van der Waals surface area (Å²) >= 11 is 0. The number of nitrogens with zero attached hydrogens (tertiary/aromatic N) is 1. The first-order chi connectivity index (χ1) is 17.2. The summed E-state index contributed by atoms with van der Waals surface area (Å²) in [6.45, 7) is 4.21. The number of amides is 1. The van der Waals surface area contributed by atoms with Crippen molar-refractivity contribution < 1.29 is 13.2 Å². The number of sulfonamides is 1. The Bertz CT molecular complexity index is 1430. The smallest absolute Gasteiger partial charge is 0.252 e. The molecule has 4 aromatic rings. The molecular formula is C30H30N2O3S. The first-order valence-electron chi connectivity index (χ1n) is 11.8. The fourth-order valence-electron chi connectivity index (χ4n) is 4.10. The number of hydrogen-bond acceptors (Lipinski definition) is 3. The lowest BCUT2D eigenvalue weighted by Crippen LogP contribution is -2.30. The first kappa shape index (κ1) is 25.2. The summed E-state index contributed by atoms with van der Waals surface area (Å²) in [5.74, 6) is -0.235. The van der Waals surface area contributed by atoms with Gasteiger partial charge in [-0.25, -0.2) is 8.42 Å². The Morgan fingerprint density at radius 3 is 1.97 bits per heavy atom. The van der Waals surface area contributed by atoms with Crippen molar-refractivity contribution in [2.75, 3.05) is 10.6 Å². The number of benzene rings is 4. The zero-order chi connectivity index (χ0) is 25.7. The first-order valence-corrected chi connectivity index (χ1v) is 13.6. The summed E-state index contributed by atoms with van der Waals surface area (Å²) in [5.41, 5.74) is 6.02. The molecule has 0 radical (unpaired) electrons. The number of hydrogen-bond donors (Lipinski definition) is 1. The summed E-state index contributed by atoms with van der Waals surface area (Å²) in [6, 6.07) is 32.0. The van der Waals surface area contributed by atoms with E-state index >= 15 is 0 Å². The summed E-state index contributed by atoms with van der Waals surface area (Å²) < 4.78 is 26.5. The molecule has 1 unspecified atom stereocenters. The van der Waals surface area contributed by atoms with Crippen molar-refractivity contribution in [1.82, 2.24) is 5.32 Å². The second-order valence-electron chi connectivity index (χ2n) is 8.97. The van der Waals surface area contributed by atoms with Crippen LogP contribution in [-0.4, -0.2) is 20.6 Å². The number of carbonyl (C=O) groups is 1. The standard InChI is InChI=1S/C30H30N2O3S/c1-22-13-15-25(16-14-22)29(24-10-5-4-6-11-24)31-30(33)26-17-19-28(20-18-26)32(36(3,34)35)21-27-12-8-7-9-23(27)2/h4-20,29H,21H2,1-3H3,(H,31,33).